The zero-order valence-electron chi connectivity index (χ0n) is 17.7. The van der Waals surface area contributed by atoms with Gasteiger partial charge in [0.2, 0.25) is 0 Å². The molecule has 5 atom stereocenters. The van der Waals surface area contributed by atoms with Crippen molar-refractivity contribution in [2.24, 2.45) is 5.92 Å². The van der Waals surface area contributed by atoms with Gasteiger partial charge in [0.15, 0.2) is 0 Å². The number of rotatable bonds is 7. The SMILES string of the molecule is CCCc1ccc(Cc2cc([C@@H]3C[C@H](CO)[C@@H](O)[C@H](O)[C@H]3O)ccc2C2CC2)cc1. The van der Waals surface area contributed by atoms with Gasteiger partial charge in [-0.2, -0.15) is 0 Å². The van der Waals surface area contributed by atoms with E-state index in [4.69, 9.17) is 0 Å². The summed E-state index contributed by atoms with van der Waals surface area (Å²) in [4.78, 5) is 0. The second kappa shape index (κ2) is 9.19. The Morgan fingerprint density at radius 1 is 0.867 bits per heavy atom. The number of hydrogen-bond donors (Lipinski definition) is 4. The molecule has 4 rings (SSSR count). The molecule has 2 aliphatic carbocycles. The molecule has 2 saturated carbocycles. The van der Waals surface area contributed by atoms with Gasteiger partial charge in [0.1, 0.15) is 6.10 Å². The van der Waals surface area contributed by atoms with E-state index in [0.29, 0.717) is 12.3 Å². The minimum Gasteiger partial charge on any atom is -0.396 e. The first-order valence-corrected chi connectivity index (χ1v) is 11.4. The fraction of sp³-hybridized carbons (Fsp3) is 0.538. The molecule has 2 aromatic carbocycles. The minimum atomic E-state index is -1.24. The van der Waals surface area contributed by atoms with E-state index in [2.05, 4.69) is 49.4 Å². The first kappa shape index (κ1) is 21.5. The molecule has 4 nitrogen and oxygen atoms in total. The summed E-state index contributed by atoms with van der Waals surface area (Å²) in [6, 6.07) is 15.3. The van der Waals surface area contributed by atoms with Crippen molar-refractivity contribution in [2.75, 3.05) is 6.61 Å². The maximum absolute atomic E-state index is 10.6. The van der Waals surface area contributed by atoms with E-state index in [9.17, 15) is 20.4 Å². The first-order chi connectivity index (χ1) is 14.5. The van der Waals surface area contributed by atoms with E-state index >= 15 is 0 Å². The van der Waals surface area contributed by atoms with Crippen LogP contribution in [0.4, 0.5) is 0 Å². The minimum absolute atomic E-state index is 0.196. The lowest BCUT2D eigenvalue weighted by molar-refractivity contribution is -0.127. The molecular formula is C26H34O4. The maximum atomic E-state index is 10.6. The Balaban J connectivity index is 1.61. The van der Waals surface area contributed by atoms with Crippen molar-refractivity contribution in [1.29, 1.82) is 0 Å². The number of aliphatic hydroxyl groups is 4. The third kappa shape index (κ3) is 4.47. The molecule has 0 aromatic heterocycles. The van der Waals surface area contributed by atoms with E-state index in [1.807, 2.05) is 0 Å². The summed E-state index contributed by atoms with van der Waals surface area (Å²) < 4.78 is 0. The quantitative estimate of drug-likeness (QED) is 0.565. The maximum Gasteiger partial charge on any atom is 0.107 e. The number of aliphatic hydroxyl groups excluding tert-OH is 4. The average Bonchev–Trinajstić information content (AvgIpc) is 3.59. The van der Waals surface area contributed by atoms with Crippen molar-refractivity contribution in [1.82, 2.24) is 0 Å². The van der Waals surface area contributed by atoms with Crippen LogP contribution in [0, 0.1) is 5.92 Å². The number of hydrogen-bond acceptors (Lipinski definition) is 4. The Labute approximate surface area is 179 Å². The topological polar surface area (TPSA) is 80.9 Å². The second-order valence-corrected chi connectivity index (χ2v) is 9.23. The molecule has 0 aliphatic heterocycles. The van der Waals surface area contributed by atoms with Gasteiger partial charge in [-0.25, -0.2) is 0 Å². The number of benzene rings is 2. The van der Waals surface area contributed by atoms with E-state index in [1.165, 1.54) is 35.1 Å². The fourth-order valence-electron chi connectivity index (χ4n) is 4.97. The van der Waals surface area contributed by atoms with Crippen LogP contribution in [0.25, 0.3) is 0 Å². The third-order valence-corrected chi connectivity index (χ3v) is 6.95. The third-order valence-electron chi connectivity index (χ3n) is 6.95. The van der Waals surface area contributed by atoms with Crippen molar-refractivity contribution in [2.45, 2.75) is 75.6 Å². The van der Waals surface area contributed by atoms with Gasteiger partial charge in [-0.05, 0) is 65.8 Å². The van der Waals surface area contributed by atoms with Gasteiger partial charge in [0.25, 0.3) is 0 Å². The molecule has 0 saturated heterocycles. The summed E-state index contributed by atoms with van der Waals surface area (Å²) in [5, 5.41) is 40.7. The molecule has 162 valence electrons. The lowest BCUT2D eigenvalue weighted by atomic mass is 9.72. The van der Waals surface area contributed by atoms with Crippen LogP contribution >= 0.6 is 0 Å². The molecule has 0 bridgehead atoms. The molecule has 2 aliphatic rings. The van der Waals surface area contributed by atoms with E-state index in [0.717, 1.165) is 24.8 Å². The first-order valence-electron chi connectivity index (χ1n) is 11.4. The second-order valence-electron chi connectivity index (χ2n) is 9.23. The molecule has 2 fully saturated rings. The number of aryl methyl sites for hydroxylation is 1. The molecule has 4 heteroatoms. The highest BCUT2D eigenvalue weighted by Crippen LogP contribution is 2.44. The van der Waals surface area contributed by atoms with Gasteiger partial charge in [-0.3, -0.25) is 0 Å². The predicted molar refractivity (Wildman–Crippen MR) is 118 cm³/mol. The van der Waals surface area contributed by atoms with Crippen LogP contribution in [-0.4, -0.2) is 45.3 Å². The van der Waals surface area contributed by atoms with Crippen molar-refractivity contribution < 1.29 is 20.4 Å². The largest absolute Gasteiger partial charge is 0.396 e. The van der Waals surface area contributed by atoms with E-state index in [-0.39, 0.29) is 12.5 Å². The van der Waals surface area contributed by atoms with Crippen LogP contribution in [0.5, 0.6) is 0 Å². The molecule has 0 spiro atoms. The van der Waals surface area contributed by atoms with Gasteiger partial charge < -0.3 is 20.4 Å². The summed E-state index contributed by atoms with van der Waals surface area (Å²) in [7, 11) is 0. The van der Waals surface area contributed by atoms with Gasteiger partial charge in [-0.15, -0.1) is 0 Å². The van der Waals surface area contributed by atoms with Crippen molar-refractivity contribution in [3.8, 4) is 0 Å². The highest BCUT2D eigenvalue weighted by atomic mass is 16.4. The highest BCUT2D eigenvalue weighted by Gasteiger charge is 2.43. The van der Waals surface area contributed by atoms with Crippen molar-refractivity contribution in [3.05, 3.63) is 70.3 Å². The zero-order chi connectivity index (χ0) is 21.3. The summed E-state index contributed by atoms with van der Waals surface area (Å²) in [5.41, 5.74) is 6.30. The monoisotopic (exact) mass is 410 g/mol. The Morgan fingerprint density at radius 2 is 1.57 bits per heavy atom. The molecule has 0 radical (unpaired) electrons. The Morgan fingerprint density at radius 3 is 2.20 bits per heavy atom. The molecule has 0 unspecified atom stereocenters. The normalized spacial score (nSPS) is 29.2. The molecular weight excluding hydrogens is 376 g/mol. The van der Waals surface area contributed by atoms with Gasteiger partial charge in [0.05, 0.1) is 12.2 Å². The van der Waals surface area contributed by atoms with Gasteiger partial charge in [-0.1, -0.05) is 55.8 Å². The zero-order valence-corrected chi connectivity index (χ0v) is 17.7. The van der Waals surface area contributed by atoms with Crippen LogP contribution in [0.1, 0.15) is 72.3 Å². The molecule has 0 amide bonds. The van der Waals surface area contributed by atoms with Crippen LogP contribution in [0.15, 0.2) is 42.5 Å². The highest BCUT2D eigenvalue weighted by molar-refractivity contribution is 5.42. The van der Waals surface area contributed by atoms with Crippen LogP contribution < -0.4 is 0 Å². The Kier molecular flexibility index (Phi) is 6.59. The summed E-state index contributed by atoms with van der Waals surface area (Å²) in [6.45, 7) is 2.00. The van der Waals surface area contributed by atoms with Gasteiger partial charge in [0, 0.05) is 18.4 Å². The van der Waals surface area contributed by atoms with Crippen LogP contribution in [0.2, 0.25) is 0 Å². The average molecular weight is 411 g/mol. The molecule has 30 heavy (non-hydrogen) atoms. The lowest BCUT2D eigenvalue weighted by Crippen LogP contribution is -2.51. The molecule has 4 N–H and O–H groups in total. The van der Waals surface area contributed by atoms with E-state index < -0.39 is 24.2 Å². The molecule has 2 aromatic rings. The van der Waals surface area contributed by atoms with Crippen LogP contribution in [-0.2, 0) is 12.8 Å². The smallest absolute Gasteiger partial charge is 0.107 e. The standard InChI is InChI=1S/C26H34O4/c1-2-3-16-4-6-17(7-5-16)12-20-13-19(10-11-22(20)18-8-9-18)23-14-21(15-27)24(28)26(30)25(23)29/h4-7,10-11,13,18,21,23-30H,2-3,8-9,12,14-15H2,1H3/t21-,23+,24-,25+,26+/m1/s1. The Bertz CT molecular complexity index is 841. The predicted octanol–water partition coefficient (Wildman–Crippen LogP) is 3.29. The summed E-state index contributed by atoms with van der Waals surface area (Å²) >= 11 is 0. The molecule has 0 heterocycles. The van der Waals surface area contributed by atoms with Crippen molar-refractivity contribution in [3.63, 3.8) is 0 Å². The summed E-state index contributed by atoms with van der Waals surface area (Å²) in [6.07, 6.45) is 2.65. The lowest BCUT2D eigenvalue weighted by Gasteiger charge is -2.40. The van der Waals surface area contributed by atoms with E-state index in [1.54, 1.807) is 0 Å². The Hall–Kier alpha value is -1.72. The summed E-state index contributed by atoms with van der Waals surface area (Å²) in [5.74, 6) is -0.0900. The van der Waals surface area contributed by atoms with Crippen molar-refractivity contribution >= 4 is 0 Å². The van der Waals surface area contributed by atoms with Gasteiger partial charge >= 0.3 is 0 Å². The fourth-order valence-corrected chi connectivity index (χ4v) is 4.97. The van der Waals surface area contributed by atoms with Crippen LogP contribution in [0.3, 0.4) is 0 Å².